The number of nitrogens with one attached hydrogen (secondary N) is 1. The Morgan fingerprint density at radius 2 is 2.12 bits per heavy atom. The van der Waals surface area contributed by atoms with Crippen LogP contribution >= 0.6 is 11.6 Å². The molecule has 84 valence electrons. The van der Waals surface area contributed by atoms with E-state index in [1.807, 2.05) is 19.1 Å². The molecule has 0 atom stereocenters. The van der Waals surface area contributed by atoms with Crippen LogP contribution in [0.4, 0.5) is 11.4 Å². The zero-order valence-electron chi connectivity index (χ0n) is 9.24. The average Bonchev–Trinajstić information content (AvgIpc) is 2.32. The second-order valence-electron chi connectivity index (χ2n) is 3.61. The average molecular weight is 244 g/mol. The molecule has 2 aromatic rings. The Labute approximate surface area is 105 Å². The minimum Gasteiger partial charge on any atom is -0.353 e. The van der Waals surface area contributed by atoms with Crippen molar-refractivity contribution in [3.8, 4) is 6.07 Å². The highest BCUT2D eigenvalue weighted by Crippen LogP contribution is 2.23. The highest BCUT2D eigenvalue weighted by atomic mass is 35.5. The van der Waals surface area contributed by atoms with E-state index in [-0.39, 0.29) is 0 Å². The lowest BCUT2D eigenvalue weighted by molar-refractivity contribution is 1.20. The summed E-state index contributed by atoms with van der Waals surface area (Å²) in [5.74, 6) is 0. The molecule has 0 radical (unpaired) electrons. The minimum atomic E-state index is 0.551. The molecule has 0 unspecified atom stereocenters. The molecule has 0 aliphatic rings. The second kappa shape index (κ2) is 4.86. The molecule has 0 spiro atoms. The van der Waals surface area contributed by atoms with E-state index in [1.54, 1.807) is 24.4 Å². The van der Waals surface area contributed by atoms with Crippen molar-refractivity contribution in [2.24, 2.45) is 0 Å². The normalized spacial score (nSPS) is 9.71. The molecule has 0 amide bonds. The largest absolute Gasteiger partial charge is 0.353 e. The Bertz CT molecular complexity index is 570. The van der Waals surface area contributed by atoms with Crippen LogP contribution in [0.1, 0.15) is 11.3 Å². The van der Waals surface area contributed by atoms with E-state index in [4.69, 9.17) is 16.9 Å². The number of aromatic nitrogens is 1. The molecule has 0 aliphatic heterocycles. The molecule has 0 aliphatic carbocycles. The Morgan fingerprint density at radius 1 is 1.29 bits per heavy atom. The van der Waals surface area contributed by atoms with Crippen molar-refractivity contribution in [1.82, 2.24) is 4.98 Å². The monoisotopic (exact) mass is 243 g/mol. The zero-order chi connectivity index (χ0) is 12.3. The third kappa shape index (κ3) is 2.74. The summed E-state index contributed by atoms with van der Waals surface area (Å²) in [6.45, 7) is 1.92. The molecule has 0 saturated carbocycles. The molecule has 0 fully saturated rings. The van der Waals surface area contributed by atoms with Crippen molar-refractivity contribution in [1.29, 1.82) is 5.26 Å². The number of aryl methyl sites for hydroxylation is 1. The fourth-order valence-corrected chi connectivity index (χ4v) is 1.59. The maximum Gasteiger partial charge on any atom is 0.101 e. The van der Waals surface area contributed by atoms with Gasteiger partial charge in [0.15, 0.2) is 0 Å². The van der Waals surface area contributed by atoms with Gasteiger partial charge in [-0.25, -0.2) is 0 Å². The van der Waals surface area contributed by atoms with Gasteiger partial charge in [-0.05, 0) is 37.3 Å². The molecule has 1 heterocycles. The molecular weight excluding hydrogens is 234 g/mol. The van der Waals surface area contributed by atoms with Gasteiger partial charge in [0.05, 0.1) is 23.1 Å². The number of hydrogen-bond acceptors (Lipinski definition) is 3. The molecule has 0 saturated heterocycles. The summed E-state index contributed by atoms with van der Waals surface area (Å²) in [4.78, 5) is 4.17. The molecule has 3 nitrogen and oxygen atoms in total. The summed E-state index contributed by atoms with van der Waals surface area (Å²) in [7, 11) is 0. The van der Waals surface area contributed by atoms with Crippen LogP contribution < -0.4 is 5.32 Å². The predicted molar refractivity (Wildman–Crippen MR) is 68.4 cm³/mol. The van der Waals surface area contributed by atoms with Crippen LogP contribution in [0.15, 0.2) is 36.5 Å². The first-order valence-electron chi connectivity index (χ1n) is 5.08. The number of halogens is 1. The van der Waals surface area contributed by atoms with E-state index in [0.29, 0.717) is 16.3 Å². The van der Waals surface area contributed by atoms with Crippen molar-refractivity contribution in [3.63, 3.8) is 0 Å². The van der Waals surface area contributed by atoms with Gasteiger partial charge in [-0.3, -0.25) is 4.98 Å². The van der Waals surface area contributed by atoms with Gasteiger partial charge in [-0.15, -0.1) is 0 Å². The summed E-state index contributed by atoms with van der Waals surface area (Å²) in [5.41, 5.74) is 3.01. The summed E-state index contributed by atoms with van der Waals surface area (Å²) >= 11 is 5.90. The first kappa shape index (κ1) is 11.4. The van der Waals surface area contributed by atoms with Crippen LogP contribution in [-0.2, 0) is 0 Å². The number of rotatable bonds is 2. The van der Waals surface area contributed by atoms with Gasteiger partial charge in [-0.1, -0.05) is 11.6 Å². The van der Waals surface area contributed by atoms with Crippen molar-refractivity contribution in [2.45, 2.75) is 6.92 Å². The first-order valence-corrected chi connectivity index (χ1v) is 5.46. The standard InChI is InChI=1S/C13H10ClN3/c1-9-2-5-12(8-16-9)17-13-6-11(14)4-3-10(13)7-15/h2-6,8,17H,1H3. The van der Waals surface area contributed by atoms with Gasteiger partial charge < -0.3 is 5.32 Å². The van der Waals surface area contributed by atoms with E-state index >= 15 is 0 Å². The van der Waals surface area contributed by atoms with Crippen LogP contribution in [0.2, 0.25) is 5.02 Å². The second-order valence-corrected chi connectivity index (χ2v) is 4.05. The number of nitriles is 1. The molecule has 4 heteroatoms. The Kier molecular flexibility index (Phi) is 3.27. The number of nitrogens with zero attached hydrogens (tertiary/aromatic N) is 2. The lowest BCUT2D eigenvalue weighted by Gasteiger charge is -2.08. The Hall–Kier alpha value is -2.05. The Morgan fingerprint density at radius 3 is 2.76 bits per heavy atom. The highest BCUT2D eigenvalue weighted by Gasteiger charge is 2.03. The van der Waals surface area contributed by atoms with Crippen molar-refractivity contribution < 1.29 is 0 Å². The fraction of sp³-hybridized carbons (Fsp3) is 0.0769. The predicted octanol–water partition coefficient (Wildman–Crippen LogP) is 3.66. The van der Waals surface area contributed by atoms with Crippen LogP contribution in [0.3, 0.4) is 0 Å². The smallest absolute Gasteiger partial charge is 0.101 e. The van der Waals surface area contributed by atoms with Crippen molar-refractivity contribution in [3.05, 3.63) is 52.8 Å². The summed E-state index contributed by atoms with van der Waals surface area (Å²) < 4.78 is 0. The van der Waals surface area contributed by atoms with Gasteiger partial charge in [-0.2, -0.15) is 5.26 Å². The van der Waals surface area contributed by atoms with Gasteiger partial charge in [0.1, 0.15) is 6.07 Å². The van der Waals surface area contributed by atoms with Crippen LogP contribution in [-0.4, -0.2) is 4.98 Å². The molecule has 1 aromatic carbocycles. The minimum absolute atomic E-state index is 0.551. The lowest BCUT2D eigenvalue weighted by atomic mass is 10.2. The number of pyridine rings is 1. The molecule has 1 aromatic heterocycles. The third-order valence-corrected chi connectivity index (χ3v) is 2.53. The third-order valence-electron chi connectivity index (χ3n) is 2.29. The summed E-state index contributed by atoms with van der Waals surface area (Å²) in [6, 6.07) is 11.0. The van der Waals surface area contributed by atoms with E-state index in [2.05, 4.69) is 16.4 Å². The quantitative estimate of drug-likeness (QED) is 0.876. The van der Waals surface area contributed by atoms with Gasteiger partial charge in [0.2, 0.25) is 0 Å². The molecular formula is C13H10ClN3. The van der Waals surface area contributed by atoms with E-state index in [9.17, 15) is 0 Å². The maximum atomic E-state index is 8.98. The highest BCUT2D eigenvalue weighted by molar-refractivity contribution is 6.30. The van der Waals surface area contributed by atoms with Crippen LogP contribution in [0.25, 0.3) is 0 Å². The van der Waals surface area contributed by atoms with E-state index in [1.165, 1.54) is 0 Å². The van der Waals surface area contributed by atoms with Crippen LogP contribution in [0.5, 0.6) is 0 Å². The molecule has 0 bridgehead atoms. The fourth-order valence-electron chi connectivity index (χ4n) is 1.41. The number of anilines is 2. The number of hydrogen-bond donors (Lipinski definition) is 1. The topological polar surface area (TPSA) is 48.7 Å². The van der Waals surface area contributed by atoms with Crippen LogP contribution in [0, 0.1) is 18.3 Å². The van der Waals surface area contributed by atoms with Crippen molar-refractivity contribution >= 4 is 23.0 Å². The summed E-state index contributed by atoms with van der Waals surface area (Å²) in [6.07, 6.45) is 1.72. The van der Waals surface area contributed by atoms with E-state index < -0.39 is 0 Å². The number of benzene rings is 1. The lowest BCUT2D eigenvalue weighted by Crippen LogP contribution is -1.94. The summed E-state index contributed by atoms with van der Waals surface area (Å²) in [5, 5.41) is 12.7. The van der Waals surface area contributed by atoms with Gasteiger partial charge >= 0.3 is 0 Å². The molecule has 2 rings (SSSR count). The molecule has 1 N–H and O–H groups in total. The SMILES string of the molecule is Cc1ccc(Nc2cc(Cl)ccc2C#N)cn1. The van der Waals surface area contributed by atoms with Gasteiger partial charge in [0, 0.05) is 10.7 Å². The first-order chi connectivity index (χ1) is 8.19. The Balaban J connectivity index is 2.32. The van der Waals surface area contributed by atoms with E-state index in [0.717, 1.165) is 11.4 Å². The van der Waals surface area contributed by atoms with Crippen molar-refractivity contribution in [2.75, 3.05) is 5.32 Å². The molecule has 17 heavy (non-hydrogen) atoms. The van der Waals surface area contributed by atoms with Gasteiger partial charge in [0.25, 0.3) is 0 Å². The zero-order valence-corrected chi connectivity index (χ0v) is 9.99. The maximum absolute atomic E-state index is 8.98.